The molecular formula is C32H30N2O9S. The number of benzene rings is 2. The summed E-state index contributed by atoms with van der Waals surface area (Å²) in [4.78, 5) is 44.6. The lowest BCUT2D eigenvalue weighted by Gasteiger charge is -2.26. The van der Waals surface area contributed by atoms with Gasteiger partial charge in [-0.2, -0.15) is 0 Å². The average molecular weight is 619 g/mol. The highest BCUT2D eigenvalue weighted by Crippen LogP contribution is 2.42. The van der Waals surface area contributed by atoms with Gasteiger partial charge in [-0.25, -0.2) is 14.6 Å². The molecule has 3 heterocycles. The molecule has 2 aromatic carbocycles. The summed E-state index contributed by atoms with van der Waals surface area (Å²) in [5.74, 6) is 0.811. The lowest BCUT2D eigenvalue weighted by Crippen LogP contribution is -2.40. The number of rotatable bonds is 9. The number of furan rings is 1. The molecule has 2 aromatic heterocycles. The number of fused-ring (bicyclic) bond motifs is 1. The fraction of sp³-hybridized carbons (Fsp3) is 0.250. The van der Waals surface area contributed by atoms with Gasteiger partial charge in [-0.05, 0) is 49.7 Å². The van der Waals surface area contributed by atoms with Crippen LogP contribution in [0.15, 0.2) is 74.0 Å². The number of aromatic nitrogens is 1. The van der Waals surface area contributed by atoms with E-state index in [9.17, 15) is 14.4 Å². The highest BCUT2D eigenvalue weighted by molar-refractivity contribution is 7.07. The molecule has 0 saturated carbocycles. The van der Waals surface area contributed by atoms with Crippen molar-refractivity contribution in [3.05, 3.63) is 96.4 Å². The van der Waals surface area contributed by atoms with E-state index in [2.05, 4.69) is 4.99 Å². The number of hydrogen-bond acceptors (Lipinski definition) is 11. The second kappa shape index (κ2) is 12.6. The Morgan fingerprint density at radius 3 is 2.34 bits per heavy atom. The van der Waals surface area contributed by atoms with E-state index in [1.54, 1.807) is 68.5 Å². The van der Waals surface area contributed by atoms with Crippen LogP contribution in [-0.2, 0) is 14.3 Å². The van der Waals surface area contributed by atoms with Crippen molar-refractivity contribution in [2.45, 2.75) is 19.9 Å². The SMILES string of the molecule is CCOC(=O)C1=C(C)N=c2sc(=Cc3ccc(-c4ccccc4C(=O)OC)o3)c(=O)n2C1c1cc(OC)c(OC)c(OC)c1. The highest BCUT2D eigenvalue weighted by Gasteiger charge is 2.34. The molecule has 1 atom stereocenters. The summed E-state index contributed by atoms with van der Waals surface area (Å²) in [5.41, 5.74) is 1.66. The maximum Gasteiger partial charge on any atom is 0.338 e. The molecule has 0 N–H and O–H groups in total. The van der Waals surface area contributed by atoms with Gasteiger partial charge in [0.1, 0.15) is 11.5 Å². The van der Waals surface area contributed by atoms with Crippen molar-refractivity contribution in [2.24, 2.45) is 4.99 Å². The summed E-state index contributed by atoms with van der Waals surface area (Å²) in [7, 11) is 5.78. The van der Waals surface area contributed by atoms with Crippen molar-refractivity contribution >= 4 is 29.4 Å². The number of thiazole rings is 1. The van der Waals surface area contributed by atoms with Crippen LogP contribution in [0.4, 0.5) is 0 Å². The lowest BCUT2D eigenvalue weighted by molar-refractivity contribution is -0.139. The van der Waals surface area contributed by atoms with Crippen molar-refractivity contribution in [2.75, 3.05) is 35.0 Å². The Morgan fingerprint density at radius 2 is 1.70 bits per heavy atom. The maximum absolute atomic E-state index is 14.0. The monoisotopic (exact) mass is 618 g/mol. The Hall–Kier alpha value is -5.10. The Labute approximate surface area is 256 Å². The third-order valence-electron chi connectivity index (χ3n) is 7.02. The molecule has 1 unspecified atom stereocenters. The molecule has 4 aromatic rings. The predicted octanol–water partition coefficient (Wildman–Crippen LogP) is 3.87. The molecule has 0 saturated heterocycles. The van der Waals surface area contributed by atoms with Gasteiger partial charge in [0.25, 0.3) is 5.56 Å². The summed E-state index contributed by atoms with van der Waals surface area (Å²) in [5, 5.41) is 0. The summed E-state index contributed by atoms with van der Waals surface area (Å²) in [6.07, 6.45) is 1.60. The van der Waals surface area contributed by atoms with Gasteiger partial charge in [-0.1, -0.05) is 29.5 Å². The molecule has 0 fully saturated rings. The minimum absolute atomic E-state index is 0.141. The van der Waals surface area contributed by atoms with Gasteiger partial charge >= 0.3 is 11.9 Å². The molecule has 0 aliphatic carbocycles. The molecule has 11 nitrogen and oxygen atoms in total. The summed E-state index contributed by atoms with van der Waals surface area (Å²) < 4.78 is 34.7. The number of nitrogens with zero attached hydrogens (tertiary/aromatic N) is 2. The van der Waals surface area contributed by atoms with Crippen molar-refractivity contribution in [1.29, 1.82) is 0 Å². The standard InChI is InChI=1S/C32H30N2O9S/c1-7-42-31(37)26-17(2)33-32-34(27(26)18-14-23(38-3)28(40-5)24(15-18)39-4)29(35)25(44-32)16-19-12-13-22(43-19)20-10-8-9-11-21(20)30(36)41-6/h8-16,27H,7H2,1-6H3. The van der Waals surface area contributed by atoms with Gasteiger partial charge in [-0.3, -0.25) is 9.36 Å². The van der Waals surface area contributed by atoms with Crippen LogP contribution in [0.5, 0.6) is 17.2 Å². The minimum atomic E-state index is -0.903. The molecule has 228 valence electrons. The van der Waals surface area contributed by atoms with Gasteiger partial charge in [0, 0.05) is 11.6 Å². The number of ether oxygens (including phenoxy) is 5. The average Bonchev–Trinajstić information content (AvgIpc) is 3.62. The number of carbonyl (C=O) groups excluding carboxylic acids is 2. The smallest absolute Gasteiger partial charge is 0.338 e. The van der Waals surface area contributed by atoms with E-state index in [1.807, 2.05) is 0 Å². The fourth-order valence-corrected chi connectivity index (χ4v) is 6.08. The number of hydrogen-bond donors (Lipinski definition) is 0. The van der Waals surface area contributed by atoms with Crippen LogP contribution in [-0.4, -0.2) is 51.6 Å². The molecule has 5 rings (SSSR count). The first-order valence-corrected chi connectivity index (χ1v) is 14.3. The van der Waals surface area contributed by atoms with Gasteiger partial charge in [0.05, 0.1) is 62.5 Å². The van der Waals surface area contributed by atoms with Crippen molar-refractivity contribution in [1.82, 2.24) is 4.57 Å². The normalized spacial score (nSPS) is 14.5. The van der Waals surface area contributed by atoms with E-state index >= 15 is 0 Å². The summed E-state index contributed by atoms with van der Waals surface area (Å²) in [6, 6.07) is 12.8. The second-order valence-corrected chi connectivity index (χ2v) is 10.5. The Kier molecular flexibility index (Phi) is 8.72. The molecule has 12 heteroatoms. The number of esters is 2. The first-order valence-electron chi connectivity index (χ1n) is 13.5. The molecule has 0 bridgehead atoms. The van der Waals surface area contributed by atoms with E-state index in [4.69, 9.17) is 28.1 Å². The van der Waals surface area contributed by atoms with Crippen LogP contribution in [0.1, 0.15) is 41.6 Å². The summed E-state index contributed by atoms with van der Waals surface area (Å²) in [6.45, 7) is 3.55. The van der Waals surface area contributed by atoms with E-state index in [-0.39, 0.29) is 12.2 Å². The largest absolute Gasteiger partial charge is 0.493 e. The third-order valence-corrected chi connectivity index (χ3v) is 8.00. The minimum Gasteiger partial charge on any atom is -0.493 e. The van der Waals surface area contributed by atoms with E-state index in [0.717, 1.165) is 11.3 Å². The predicted molar refractivity (Wildman–Crippen MR) is 162 cm³/mol. The molecule has 1 aliphatic rings. The van der Waals surface area contributed by atoms with Crippen molar-refractivity contribution < 1.29 is 37.7 Å². The van der Waals surface area contributed by atoms with Crippen LogP contribution >= 0.6 is 11.3 Å². The lowest BCUT2D eigenvalue weighted by atomic mass is 9.95. The molecule has 44 heavy (non-hydrogen) atoms. The molecular weight excluding hydrogens is 588 g/mol. The second-order valence-electron chi connectivity index (χ2n) is 9.50. The summed E-state index contributed by atoms with van der Waals surface area (Å²) >= 11 is 1.15. The Bertz CT molecular complexity index is 1940. The molecule has 1 aliphatic heterocycles. The zero-order valence-corrected chi connectivity index (χ0v) is 25.8. The molecule has 0 amide bonds. The quantitative estimate of drug-likeness (QED) is 0.257. The van der Waals surface area contributed by atoms with Gasteiger partial charge in [0.2, 0.25) is 5.75 Å². The van der Waals surface area contributed by atoms with Gasteiger partial charge < -0.3 is 28.1 Å². The van der Waals surface area contributed by atoms with Crippen molar-refractivity contribution in [3.63, 3.8) is 0 Å². The van der Waals surface area contributed by atoms with Crippen LogP contribution in [0.2, 0.25) is 0 Å². The van der Waals surface area contributed by atoms with Crippen LogP contribution in [0.3, 0.4) is 0 Å². The highest BCUT2D eigenvalue weighted by atomic mass is 32.1. The van der Waals surface area contributed by atoms with Crippen LogP contribution in [0.25, 0.3) is 17.4 Å². The number of carbonyl (C=O) groups is 2. The number of allylic oxidation sites excluding steroid dienone is 1. The fourth-order valence-electron chi connectivity index (χ4n) is 5.06. The Balaban J connectivity index is 1.68. The zero-order chi connectivity index (χ0) is 31.5. The third kappa shape index (κ3) is 5.39. The first kappa shape index (κ1) is 30.4. The van der Waals surface area contributed by atoms with Crippen molar-refractivity contribution in [3.8, 4) is 28.6 Å². The Morgan fingerprint density at radius 1 is 1.00 bits per heavy atom. The first-order chi connectivity index (χ1) is 21.3. The molecule has 0 spiro atoms. The topological polar surface area (TPSA) is 128 Å². The zero-order valence-electron chi connectivity index (χ0n) is 25.0. The maximum atomic E-state index is 14.0. The number of methoxy groups -OCH3 is 4. The molecule has 0 radical (unpaired) electrons. The van der Waals surface area contributed by atoms with Crippen LogP contribution in [0, 0.1) is 0 Å². The van der Waals surface area contributed by atoms with Gasteiger partial charge in [0.15, 0.2) is 16.3 Å². The van der Waals surface area contributed by atoms with E-state index < -0.39 is 23.5 Å². The van der Waals surface area contributed by atoms with E-state index in [0.29, 0.717) is 60.5 Å². The van der Waals surface area contributed by atoms with E-state index in [1.165, 1.54) is 33.0 Å². The van der Waals surface area contributed by atoms with Crippen LogP contribution < -0.4 is 29.1 Å². The van der Waals surface area contributed by atoms with Gasteiger partial charge in [-0.15, -0.1) is 0 Å².